The minimum atomic E-state index is -0.554. The first-order chi connectivity index (χ1) is 23.7. The summed E-state index contributed by atoms with van der Waals surface area (Å²) in [7, 11) is 0. The summed E-state index contributed by atoms with van der Waals surface area (Å²) in [6.07, 6.45) is 3.87. The monoisotopic (exact) mass is 694 g/mol. The summed E-state index contributed by atoms with van der Waals surface area (Å²) in [5, 5.41) is 8.91. The summed E-state index contributed by atoms with van der Waals surface area (Å²) in [5.41, 5.74) is 0.0557. The van der Waals surface area contributed by atoms with Crippen LogP contribution in [-0.2, 0) is 14.3 Å². The molecule has 0 atom stereocenters. The SMILES string of the molecule is [C-]#[N+]c1ccc(OCCCN(CCCC=O)C(=O)OC(C)(C)C)cc1.[C-]#[N+]c1ccc(OCCCN(CCCCO)C(=O)OC(C)(C)C)cc1. The second kappa shape index (κ2) is 23.5. The van der Waals surface area contributed by atoms with Gasteiger partial charge in [-0.25, -0.2) is 19.3 Å². The molecule has 12 nitrogen and oxygen atoms in total. The molecule has 2 aromatic carbocycles. The van der Waals surface area contributed by atoms with Gasteiger partial charge in [0.25, 0.3) is 0 Å². The van der Waals surface area contributed by atoms with E-state index < -0.39 is 11.2 Å². The van der Waals surface area contributed by atoms with Crippen LogP contribution in [0.25, 0.3) is 9.69 Å². The highest BCUT2D eigenvalue weighted by atomic mass is 16.6. The van der Waals surface area contributed by atoms with Crippen LogP contribution in [0.3, 0.4) is 0 Å². The first-order valence-corrected chi connectivity index (χ1v) is 16.9. The lowest BCUT2D eigenvalue weighted by atomic mass is 10.2. The Hall–Kier alpha value is -4.81. The highest BCUT2D eigenvalue weighted by molar-refractivity contribution is 5.68. The summed E-state index contributed by atoms with van der Waals surface area (Å²) in [6, 6.07) is 13.9. The van der Waals surface area contributed by atoms with Crippen molar-refractivity contribution in [3.8, 4) is 11.5 Å². The van der Waals surface area contributed by atoms with Crippen LogP contribution in [0.1, 0.15) is 80.1 Å². The Morgan fingerprint density at radius 3 is 1.38 bits per heavy atom. The number of aldehydes is 1. The minimum absolute atomic E-state index is 0.117. The number of hydrogen-bond donors (Lipinski definition) is 1. The van der Waals surface area contributed by atoms with E-state index in [1.807, 2.05) is 41.5 Å². The van der Waals surface area contributed by atoms with Crippen molar-refractivity contribution in [2.45, 2.75) is 91.3 Å². The van der Waals surface area contributed by atoms with Crippen LogP contribution in [-0.4, -0.2) is 90.6 Å². The van der Waals surface area contributed by atoms with E-state index in [9.17, 15) is 14.4 Å². The van der Waals surface area contributed by atoms with E-state index >= 15 is 0 Å². The van der Waals surface area contributed by atoms with Crippen LogP contribution in [0.5, 0.6) is 11.5 Å². The second-order valence-electron chi connectivity index (χ2n) is 13.3. The third kappa shape index (κ3) is 20.5. The molecular weight excluding hydrogens is 640 g/mol. The smallest absolute Gasteiger partial charge is 0.410 e. The average Bonchev–Trinajstić information content (AvgIpc) is 3.06. The first kappa shape index (κ1) is 43.2. The van der Waals surface area contributed by atoms with Crippen molar-refractivity contribution in [1.29, 1.82) is 0 Å². The Morgan fingerprint density at radius 2 is 1.04 bits per heavy atom. The van der Waals surface area contributed by atoms with Crippen molar-refractivity contribution in [2.75, 3.05) is 46.0 Å². The lowest BCUT2D eigenvalue weighted by Crippen LogP contribution is -2.38. The molecule has 0 saturated carbocycles. The van der Waals surface area contributed by atoms with E-state index in [1.54, 1.807) is 58.3 Å². The Morgan fingerprint density at radius 1 is 0.660 bits per heavy atom. The number of unbranched alkanes of at least 4 members (excludes halogenated alkanes) is 2. The maximum atomic E-state index is 12.3. The molecule has 0 spiro atoms. The van der Waals surface area contributed by atoms with Gasteiger partial charge in [-0.3, -0.25) is 0 Å². The number of amides is 2. The molecule has 0 fully saturated rings. The molecule has 0 radical (unpaired) electrons. The standard InChI is InChI=1S/C19H28N2O4.C19H26N2O4/c2*1-19(2,3)25-18(23)21(12-5-6-14-22)13-7-15-24-17-10-8-16(20-4)9-11-17/h8-11,22H,5-7,12-15H2,1-3H3;8-11,14H,5-7,12-13,15H2,1-3H3. The summed E-state index contributed by atoms with van der Waals surface area (Å²) >= 11 is 0. The van der Waals surface area contributed by atoms with Crippen molar-refractivity contribution < 1.29 is 38.4 Å². The van der Waals surface area contributed by atoms with Gasteiger partial charge >= 0.3 is 12.2 Å². The van der Waals surface area contributed by atoms with Crippen LogP contribution in [0.15, 0.2) is 48.5 Å². The van der Waals surface area contributed by atoms with Crippen molar-refractivity contribution in [1.82, 2.24) is 9.80 Å². The van der Waals surface area contributed by atoms with E-state index in [0.717, 1.165) is 12.7 Å². The Kier molecular flexibility index (Phi) is 20.3. The van der Waals surface area contributed by atoms with Gasteiger partial charge in [0, 0.05) is 39.2 Å². The fraction of sp³-hybridized carbons (Fsp3) is 0.553. The third-order valence-corrected chi connectivity index (χ3v) is 6.50. The Balaban J connectivity index is 0.000000500. The summed E-state index contributed by atoms with van der Waals surface area (Å²) in [6.45, 7) is 27.9. The van der Waals surface area contributed by atoms with Gasteiger partial charge in [0.05, 0.1) is 26.4 Å². The number of carbonyl (C=O) groups is 3. The number of rotatable bonds is 18. The van der Waals surface area contributed by atoms with E-state index in [1.165, 1.54) is 0 Å². The lowest BCUT2D eigenvalue weighted by Gasteiger charge is -2.27. The molecule has 12 heteroatoms. The quantitative estimate of drug-likeness (QED) is 0.0941. The van der Waals surface area contributed by atoms with Crippen LogP contribution in [0.4, 0.5) is 21.0 Å². The predicted molar refractivity (Wildman–Crippen MR) is 193 cm³/mol. The van der Waals surface area contributed by atoms with Crippen LogP contribution in [0, 0.1) is 13.1 Å². The van der Waals surface area contributed by atoms with E-state index in [-0.39, 0.29) is 18.8 Å². The number of aliphatic hydroxyl groups excluding tert-OH is 1. The summed E-state index contributed by atoms with van der Waals surface area (Å²) < 4.78 is 22.1. The molecule has 0 heterocycles. The molecule has 0 aliphatic heterocycles. The average molecular weight is 695 g/mol. The van der Waals surface area contributed by atoms with Gasteiger partial charge in [-0.05, 0) is 97.9 Å². The zero-order valence-electron chi connectivity index (χ0n) is 30.5. The molecule has 0 saturated heterocycles. The largest absolute Gasteiger partial charge is 0.494 e. The molecule has 50 heavy (non-hydrogen) atoms. The highest BCUT2D eigenvalue weighted by Gasteiger charge is 2.22. The normalized spacial score (nSPS) is 10.7. The number of benzene rings is 2. The summed E-state index contributed by atoms with van der Waals surface area (Å²) in [4.78, 5) is 44.9. The zero-order valence-corrected chi connectivity index (χ0v) is 30.5. The third-order valence-electron chi connectivity index (χ3n) is 6.50. The predicted octanol–water partition coefficient (Wildman–Crippen LogP) is 8.24. The topological polar surface area (TPSA) is 124 Å². The van der Waals surface area contributed by atoms with Gasteiger partial charge in [0.2, 0.25) is 0 Å². The van der Waals surface area contributed by atoms with Crippen molar-refractivity contribution >= 4 is 29.8 Å². The fourth-order valence-electron chi connectivity index (χ4n) is 4.15. The van der Waals surface area contributed by atoms with Gasteiger partial charge in [-0.1, -0.05) is 24.3 Å². The minimum Gasteiger partial charge on any atom is -0.494 e. The maximum Gasteiger partial charge on any atom is 0.410 e. The molecular formula is C38H54N4O8. The van der Waals surface area contributed by atoms with Crippen LogP contribution >= 0.6 is 0 Å². The molecule has 0 aliphatic carbocycles. The molecule has 2 rings (SSSR count). The maximum absolute atomic E-state index is 12.3. The number of nitrogens with zero attached hydrogens (tertiary/aromatic N) is 4. The number of hydrogen-bond acceptors (Lipinski definition) is 8. The van der Waals surface area contributed by atoms with E-state index in [2.05, 4.69) is 9.69 Å². The van der Waals surface area contributed by atoms with Crippen LogP contribution < -0.4 is 9.47 Å². The van der Waals surface area contributed by atoms with Gasteiger partial charge < -0.3 is 38.6 Å². The van der Waals surface area contributed by atoms with E-state index in [4.69, 9.17) is 37.2 Å². The molecule has 2 aromatic rings. The lowest BCUT2D eigenvalue weighted by molar-refractivity contribution is -0.108. The summed E-state index contributed by atoms with van der Waals surface area (Å²) in [5.74, 6) is 1.40. The fourth-order valence-corrected chi connectivity index (χ4v) is 4.15. The number of carbonyl (C=O) groups excluding carboxylic acids is 3. The van der Waals surface area contributed by atoms with Gasteiger partial charge in [0.15, 0.2) is 11.4 Å². The molecule has 0 unspecified atom stereocenters. The molecule has 1 N–H and O–H groups in total. The Labute approximate surface area is 297 Å². The Bertz CT molecular complexity index is 1350. The van der Waals surface area contributed by atoms with Crippen molar-refractivity contribution in [3.05, 3.63) is 71.4 Å². The van der Waals surface area contributed by atoms with Gasteiger partial charge in [-0.15, -0.1) is 0 Å². The van der Waals surface area contributed by atoms with E-state index in [0.29, 0.717) is 94.4 Å². The van der Waals surface area contributed by atoms with Crippen LogP contribution in [0.2, 0.25) is 0 Å². The number of aliphatic hydroxyl groups is 1. The molecule has 0 aliphatic rings. The van der Waals surface area contributed by atoms with Gasteiger partial charge in [-0.2, -0.15) is 0 Å². The zero-order chi connectivity index (χ0) is 37.4. The second-order valence-corrected chi connectivity index (χ2v) is 13.3. The van der Waals surface area contributed by atoms with Gasteiger partial charge in [0.1, 0.15) is 29.0 Å². The molecule has 274 valence electrons. The molecule has 0 aromatic heterocycles. The first-order valence-electron chi connectivity index (χ1n) is 16.9. The highest BCUT2D eigenvalue weighted by Crippen LogP contribution is 2.19. The van der Waals surface area contributed by atoms with Crippen molar-refractivity contribution in [3.63, 3.8) is 0 Å². The number of ether oxygens (including phenoxy) is 4. The molecule has 2 amide bonds. The molecule has 0 bridgehead atoms. The van der Waals surface area contributed by atoms with Crippen molar-refractivity contribution in [2.24, 2.45) is 0 Å².